The van der Waals surface area contributed by atoms with Crippen molar-refractivity contribution in [2.75, 3.05) is 46.9 Å². The number of nitrogens with one attached hydrogen (secondary N) is 3. The molecule has 0 spiro atoms. The van der Waals surface area contributed by atoms with Gasteiger partial charge in [-0.3, -0.25) is 0 Å². The Morgan fingerprint density at radius 3 is 2.70 bits per heavy atom. The number of piperidine rings is 1. The summed E-state index contributed by atoms with van der Waals surface area (Å²) in [6.45, 7) is 2.20. The maximum Gasteiger partial charge on any atom is 0.406 e. The van der Waals surface area contributed by atoms with E-state index >= 15 is 4.39 Å². The van der Waals surface area contributed by atoms with Crippen LogP contribution in [0.4, 0.5) is 14.0 Å². The van der Waals surface area contributed by atoms with Gasteiger partial charge in [0.2, 0.25) is 0 Å². The first-order chi connectivity index (χ1) is 17.9. The minimum Gasteiger partial charge on any atom is -0.453 e. The van der Waals surface area contributed by atoms with Gasteiger partial charge in [0.1, 0.15) is 5.82 Å². The Bertz CT molecular complexity index is 871. The minimum atomic E-state index is -0.607. The highest BCUT2D eigenvalue weighted by Crippen LogP contribution is 2.36. The third-order valence-corrected chi connectivity index (χ3v) is 7.73. The summed E-state index contributed by atoms with van der Waals surface area (Å²) < 4.78 is 25.7. The average molecular weight is 541 g/mol. The largest absolute Gasteiger partial charge is 0.453 e. The number of likely N-dealkylation sites (N-methyl/N-ethyl adjacent to an activating group) is 1. The van der Waals surface area contributed by atoms with Gasteiger partial charge in [-0.25, -0.2) is 14.0 Å². The summed E-state index contributed by atoms with van der Waals surface area (Å²) in [4.78, 5) is 26.5. The molecule has 0 aromatic heterocycles. The molecule has 1 aliphatic heterocycles. The zero-order valence-corrected chi connectivity index (χ0v) is 22.8. The van der Waals surface area contributed by atoms with Crippen LogP contribution >= 0.6 is 11.6 Å². The molecule has 3 rings (SSSR count). The molecular formula is C27H42ClFN4O4. The first-order valence-corrected chi connectivity index (χ1v) is 13.9. The van der Waals surface area contributed by atoms with E-state index in [0.29, 0.717) is 24.6 Å². The molecule has 8 nitrogen and oxygen atoms in total. The highest BCUT2D eigenvalue weighted by atomic mass is 35.5. The second-order valence-corrected chi connectivity index (χ2v) is 10.6. The molecule has 1 saturated carbocycles. The topological polar surface area (TPSA) is 91.9 Å². The van der Waals surface area contributed by atoms with E-state index in [2.05, 4.69) is 20.7 Å². The van der Waals surface area contributed by atoms with Crippen LogP contribution in [-0.2, 0) is 9.47 Å². The molecule has 3 atom stereocenters. The van der Waals surface area contributed by atoms with Gasteiger partial charge in [-0.05, 0) is 38.3 Å². The Morgan fingerprint density at radius 1 is 1.19 bits per heavy atom. The molecular weight excluding hydrogens is 499 g/mol. The predicted octanol–water partition coefficient (Wildman–Crippen LogP) is 4.87. The normalized spacial score (nSPS) is 20.2. The van der Waals surface area contributed by atoms with Gasteiger partial charge in [-0.2, -0.15) is 0 Å². The van der Waals surface area contributed by atoms with Crippen LogP contribution < -0.4 is 16.0 Å². The minimum absolute atomic E-state index is 0.0295. The number of carbonyl (C=O) groups excluding carboxylic acids is 2. The zero-order chi connectivity index (χ0) is 26.6. The Kier molecular flexibility index (Phi) is 12.2. The second-order valence-electron chi connectivity index (χ2n) is 10.1. The molecule has 1 aromatic rings. The van der Waals surface area contributed by atoms with Crippen molar-refractivity contribution >= 4 is 23.7 Å². The van der Waals surface area contributed by atoms with Gasteiger partial charge in [0.15, 0.2) is 0 Å². The summed E-state index contributed by atoms with van der Waals surface area (Å²) in [7, 11) is 3.20. The van der Waals surface area contributed by atoms with Crippen LogP contribution in [-0.4, -0.2) is 70.0 Å². The molecule has 0 bridgehead atoms. The van der Waals surface area contributed by atoms with E-state index in [1.54, 1.807) is 12.1 Å². The Hall–Kier alpha value is -2.10. The number of hydrogen-bond acceptors (Lipinski definition) is 5. The molecule has 2 fully saturated rings. The van der Waals surface area contributed by atoms with Crippen LogP contribution in [0, 0.1) is 17.7 Å². The van der Waals surface area contributed by atoms with Crippen LogP contribution in [0.3, 0.4) is 0 Å². The monoisotopic (exact) mass is 540 g/mol. The van der Waals surface area contributed by atoms with Crippen LogP contribution in [0.25, 0.3) is 0 Å². The quantitative estimate of drug-likeness (QED) is 0.348. The molecule has 208 valence electrons. The number of hydrogen-bond donors (Lipinski definition) is 3. The van der Waals surface area contributed by atoms with E-state index in [1.165, 1.54) is 45.3 Å². The van der Waals surface area contributed by atoms with Crippen LogP contribution in [0.2, 0.25) is 5.02 Å². The lowest BCUT2D eigenvalue weighted by Gasteiger charge is -2.38. The van der Waals surface area contributed by atoms with Gasteiger partial charge < -0.3 is 30.3 Å². The van der Waals surface area contributed by atoms with Crippen molar-refractivity contribution in [2.24, 2.45) is 11.8 Å². The molecule has 37 heavy (non-hydrogen) atoms. The lowest BCUT2D eigenvalue weighted by atomic mass is 9.85. The van der Waals surface area contributed by atoms with Gasteiger partial charge in [-0.15, -0.1) is 0 Å². The summed E-state index contributed by atoms with van der Waals surface area (Å²) in [6.07, 6.45) is 7.72. The highest BCUT2D eigenvalue weighted by molar-refractivity contribution is 6.30. The molecule has 1 heterocycles. The molecule has 2 aliphatic rings. The maximum absolute atomic E-state index is 15.0. The number of urea groups is 1. The van der Waals surface area contributed by atoms with Gasteiger partial charge in [-0.1, -0.05) is 55.8 Å². The van der Waals surface area contributed by atoms with Gasteiger partial charge in [0, 0.05) is 43.7 Å². The lowest BCUT2D eigenvalue weighted by molar-refractivity contribution is -0.0106. The average Bonchev–Trinajstić information content (AvgIpc) is 2.91. The molecule has 1 saturated heterocycles. The number of rotatable bonds is 11. The number of methoxy groups -OCH3 is 1. The molecule has 0 radical (unpaired) electrons. The Labute approximate surface area is 225 Å². The zero-order valence-electron chi connectivity index (χ0n) is 22.1. The third kappa shape index (κ3) is 9.00. The molecule has 10 heteroatoms. The van der Waals surface area contributed by atoms with E-state index in [1.807, 2.05) is 11.9 Å². The summed E-state index contributed by atoms with van der Waals surface area (Å²) in [5, 5.41) is 9.08. The number of carbonyl (C=O) groups is 2. The fourth-order valence-corrected chi connectivity index (χ4v) is 5.79. The van der Waals surface area contributed by atoms with Crippen LogP contribution in [0.5, 0.6) is 0 Å². The highest BCUT2D eigenvalue weighted by Gasteiger charge is 2.33. The molecule has 1 aromatic carbocycles. The molecule has 3 N–H and O–H groups in total. The number of halogens is 2. The predicted molar refractivity (Wildman–Crippen MR) is 142 cm³/mol. The van der Waals surface area contributed by atoms with Crippen molar-refractivity contribution in [3.63, 3.8) is 0 Å². The molecule has 3 amide bonds. The summed E-state index contributed by atoms with van der Waals surface area (Å²) in [5.41, 5.74) is 0.364. The lowest BCUT2D eigenvalue weighted by Crippen LogP contribution is -2.52. The van der Waals surface area contributed by atoms with Gasteiger partial charge in [0.05, 0.1) is 24.8 Å². The van der Waals surface area contributed by atoms with Crippen LogP contribution in [0.1, 0.15) is 63.0 Å². The first kappa shape index (κ1) is 29.5. The van der Waals surface area contributed by atoms with Crippen LogP contribution in [0.15, 0.2) is 18.2 Å². The fourth-order valence-electron chi connectivity index (χ4n) is 5.60. The molecule has 1 aliphatic carbocycles. The number of amides is 3. The summed E-state index contributed by atoms with van der Waals surface area (Å²) in [5.74, 6) is 0.0219. The SMILES string of the molecule is CNC[C@H](CC1CCCCC1)NC(=O)N1CCCC(C(OCCNC(=O)OC)c2cccc(Cl)c2F)C1. The van der Waals surface area contributed by atoms with Crippen molar-refractivity contribution in [3.05, 3.63) is 34.6 Å². The molecule has 2 unspecified atom stereocenters. The van der Waals surface area contributed by atoms with E-state index in [4.69, 9.17) is 16.3 Å². The number of nitrogens with zero attached hydrogens (tertiary/aromatic N) is 1. The maximum atomic E-state index is 15.0. The van der Waals surface area contributed by atoms with Gasteiger partial charge in [0.25, 0.3) is 0 Å². The van der Waals surface area contributed by atoms with E-state index in [-0.39, 0.29) is 36.2 Å². The smallest absolute Gasteiger partial charge is 0.406 e. The van der Waals surface area contributed by atoms with Crippen molar-refractivity contribution < 1.29 is 23.5 Å². The van der Waals surface area contributed by atoms with Crippen molar-refractivity contribution in [3.8, 4) is 0 Å². The van der Waals surface area contributed by atoms with Crippen molar-refractivity contribution in [2.45, 2.75) is 63.5 Å². The van der Waals surface area contributed by atoms with E-state index < -0.39 is 18.0 Å². The van der Waals surface area contributed by atoms with Gasteiger partial charge >= 0.3 is 12.1 Å². The Balaban J connectivity index is 1.66. The standard InChI is InChI=1S/C27H42ClFN4O4/c1-30-17-21(16-19-8-4-3-5-9-19)32-26(34)33-14-7-10-20(18-33)25(37-15-13-31-27(35)36-2)22-11-6-12-23(28)24(22)29/h6,11-12,19-21,25,30H,3-5,7-10,13-18H2,1-2H3,(H,31,35)(H,32,34)/t20?,21-,25?/m0/s1. The Morgan fingerprint density at radius 2 is 1.97 bits per heavy atom. The van der Waals surface area contributed by atoms with E-state index in [0.717, 1.165) is 25.8 Å². The third-order valence-electron chi connectivity index (χ3n) is 7.44. The summed E-state index contributed by atoms with van der Waals surface area (Å²) in [6, 6.07) is 4.86. The van der Waals surface area contributed by atoms with E-state index in [9.17, 15) is 9.59 Å². The number of ether oxygens (including phenoxy) is 2. The first-order valence-electron chi connectivity index (χ1n) is 13.5. The number of likely N-dealkylation sites (tertiary alicyclic amines) is 1. The summed E-state index contributed by atoms with van der Waals surface area (Å²) >= 11 is 6.08. The fraction of sp³-hybridized carbons (Fsp3) is 0.704. The van der Waals surface area contributed by atoms with Crippen molar-refractivity contribution in [1.82, 2.24) is 20.9 Å². The second kappa shape index (κ2) is 15.3. The number of benzene rings is 1. The van der Waals surface area contributed by atoms with Crippen molar-refractivity contribution in [1.29, 1.82) is 0 Å². The number of alkyl carbamates (subject to hydrolysis) is 1.